The monoisotopic (exact) mass is 346 g/mol. The highest BCUT2D eigenvalue weighted by Crippen LogP contribution is 2.37. The number of ketones is 1. The van der Waals surface area contributed by atoms with Crippen LogP contribution in [0.3, 0.4) is 0 Å². The van der Waals surface area contributed by atoms with E-state index in [1.54, 1.807) is 6.92 Å². The number of rotatable bonds is 5. The van der Waals surface area contributed by atoms with E-state index in [0.29, 0.717) is 13.2 Å². The van der Waals surface area contributed by atoms with Gasteiger partial charge in [0.25, 0.3) is 0 Å². The summed E-state index contributed by atoms with van der Waals surface area (Å²) >= 11 is 1.50. The molecule has 0 saturated carbocycles. The van der Waals surface area contributed by atoms with E-state index in [0.717, 1.165) is 29.3 Å². The maximum atomic E-state index is 11.8. The van der Waals surface area contributed by atoms with Gasteiger partial charge in [-0.1, -0.05) is 17.8 Å². The van der Waals surface area contributed by atoms with Crippen LogP contribution in [0.1, 0.15) is 25.0 Å². The first kappa shape index (κ1) is 17.2. The number of hydrogen-bond donors (Lipinski definition) is 1. The van der Waals surface area contributed by atoms with Gasteiger partial charge < -0.3 is 14.7 Å². The number of fused-ring (bicyclic) bond motifs is 1. The normalized spacial score (nSPS) is 20.8. The van der Waals surface area contributed by atoms with Crippen LogP contribution in [0.5, 0.6) is 0 Å². The number of Topliss-reactive ketones (excluding diaryl/α,β-unsaturated/α-hetero) is 1. The standard InChI is InChI=1S/C18H22N2O3S/c1-12-18(13(2)22)24-17(20(12)6-7-21)10-19-16-4-3-15-11-23-8-5-14(15)9-16/h3-4,9-10,17,21H,5-8,11H2,1-2H3. The van der Waals surface area contributed by atoms with Crippen LogP contribution >= 0.6 is 11.8 Å². The van der Waals surface area contributed by atoms with Gasteiger partial charge in [-0.05, 0) is 43.5 Å². The number of nitrogens with zero attached hydrogens (tertiary/aromatic N) is 2. The molecule has 0 saturated heterocycles. The Balaban J connectivity index is 1.77. The molecule has 1 unspecified atom stereocenters. The Hall–Kier alpha value is -1.63. The van der Waals surface area contributed by atoms with Crippen molar-refractivity contribution in [3.05, 3.63) is 39.9 Å². The topological polar surface area (TPSA) is 62.1 Å². The number of allylic oxidation sites excluding steroid dienone is 2. The number of hydrogen-bond acceptors (Lipinski definition) is 6. The molecule has 3 rings (SSSR count). The molecule has 1 aromatic rings. The van der Waals surface area contributed by atoms with E-state index in [-0.39, 0.29) is 17.8 Å². The van der Waals surface area contributed by atoms with Crippen molar-refractivity contribution < 1.29 is 14.6 Å². The van der Waals surface area contributed by atoms with Crippen LogP contribution in [-0.4, -0.2) is 47.1 Å². The van der Waals surface area contributed by atoms with Crippen LogP contribution in [0.2, 0.25) is 0 Å². The van der Waals surface area contributed by atoms with Crippen molar-refractivity contribution in [3.63, 3.8) is 0 Å². The SMILES string of the molecule is CC(=O)C1=C(C)N(CCO)C(C=Nc2ccc3c(c2)CCOC3)S1. The van der Waals surface area contributed by atoms with Crippen molar-refractivity contribution in [1.29, 1.82) is 0 Å². The van der Waals surface area contributed by atoms with Gasteiger partial charge in [0, 0.05) is 18.5 Å². The fourth-order valence-corrected chi connectivity index (χ4v) is 4.23. The first-order valence-electron chi connectivity index (χ1n) is 8.10. The summed E-state index contributed by atoms with van der Waals surface area (Å²) < 4.78 is 5.45. The minimum atomic E-state index is -0.0598. The number of ether oxygens (including phenoxy) is 1. The summed E-state index contributed by atoms with van der Waals surface area (Å²) in [5, 5.41) is 9.23. The highest BCUT2D eigenvalue weighted by molar-refractivity contribution is 8.05. The van der Waals surface area contributed by atoms with Crippen LogP contribution in [0.15, 0.2) is 33.8 Å². The Kier molecular flexibility index (Phi) is 5.38. The van der Waals surface area contributed by atoms with E-state index < -0.39 is 0 Å². The summed E-state index contributed by atoms with van der Waals surface area (Å²) in [6, 6.07) is 6.17. The van der Waals surface area contributed by atoms with Gasteiger partial charge in [0.2, 0.25) is 0 Å². The van der Waals surface area contributed by atoms with Gasteiger partial charge in [0.05, 0.1) is 30.4 Å². The summed E-state index contributed by atoms with van der Waals surface area (Å²) in [6.45, 7) is 5.47. The van der Waals surface area contributed by atoms with Gasteiger partial charge in [0.1, 0.15) is 5.37 Å². The van der Waals surface area contributed by atoms with Gasteiger partial charge in [-0.2, -0.15) is 0 Å². The number of carbonyl (C=O) groups is 1. The molecule has 0 aromatic heterocycles. The molecule has 2 aliphatic heterocycles. The van der Waals surface area contributed by atoms with E-state index in [9.17, 15) is 9.90 Å². The minimum Gasteiger partial charge on any atom is -0.395 e. The smallest absolute Gasteiger partial charge is 0.167 e. The Bertz CT molecular complexity index is 700. The molecular formula is C18H22N2O3S. The van der Waals surface area contributed by atoms with E-state index >= 15 is 0 Å². The Morgan fingerprint density at radius 3 is 3.08 bits per heavy atom. The number of benzene rings is 1. The van der Waals surface area contributed by atoms with Gasteiger partial charge in [0.15, 0.2) is 5.78 Å². The molecule has 24 heavy (non-hydrogen) atoms. The Morgan fingerprint density at radius 1 is 1.50 bits per heavy atom. The molecule has 2 aliphatic rings. The molecule has 0 bridgehead atoms. The molecule has 0 spiro atoms. The fourth-order valence-electron chi connectivity index (χ4n) is 3.02. The molecule has 1 N–H and O–H groups in total. The van der Waals surface area contributed by atoms with Crippen molar-refractivity contribution in [1.82, 2.24) is 4.90 Å². The maximum absolute atomic E-state index is 11.8. The molecule has 0 aliphatic carbocycles. The van der Waals surface area contributed by atoms with Crippen molar-refractivity contribution in [2.45, 2.75) is 32.2 Å². The van der Waals surface area contributed by atoms with Gasteiger partial charge in [-0.3, -0.25) is 9.79 Å². The Labute approximate surface area is 146 Å². The number of aliphatic hydroxyl groups excluding tert-OH is 1. The molecule has 6 heteroatoms. The molecule has 0 amide bonds. The van der Waals surface area contributed by atoms with E-state index in [1.165, 1.54) is 22.9 Å². The van der Waals surface area contributed by atoms with Gasteiger partial charge >= 0.3 is 0 Å². The highest BCUT2D eigenvalue weighted by atomic mass is 32.2. The second kappa shape index (κ2) is 7.51. The highest BCUT2D eigenvalue weighted by Gasteiger charge is 2.30. The predicted octanol–water partition coefficient (Wildman–Crippen LogP) is 2.65. The zero-order valence-corrected chi connectivity index (χ0v) is 14.8. The molecule has 1 atom stereocenters. The van der Waals surface area contributed by atoms with E-state index in [4.69, 9.17) is 4.74 Å². The molecule has 5 nitrogen and oxygen atoms in total. The predicted molar refractivity (Wildman–Crippen MR) is 96.5 cm³/mol. The van der Waals surface area contributed by atoms with Gasteiger partial charge in [-0.15, -0.1) is 0 Å². The number of aliphatic imine (C=N–C) groups is 1. The largest absolute Gasteiger partial charge is 0.395 e. The first-order chi connectivity index (χ1) is 11.6. The lowest BCUT2D eigenvalue weighted by Gasteiger charge is -2.23. The number of carbonyl (C=O) groups excluding carboxylic acids is 1. The van der Waals surface area contributed by atoms with Crippen molar-refractivity contribution >= 4 is 29.4 Å². The zero-order valence-electron chi connectivity index (χ0n) is 14.0. The third-order valence-corrected chi connectivity index (χ3v) is 5.72. The third kappa shape index (κ3) is 3.55. The van der Waals surface area contributed by atoms with Crippen molar-refractivity contribution in [3.8, 4) is 0 Å². The fraction of sp³-hybridized carbons (Fsp3) is 0.444. The van der Waals surface area contributed by atoms with Crippen molar-refractivity contribution in [2.75, 3.05) is 19.8 Å². The second-order valence-corrected chi connectivity index (χ2v) is 7.06. The molecule has 1 aromatic carbocycles. The zero-order chi connectivity index (χ0) is 17.1. The average molecular weight is 346 g/mol. The second-order valence-electron chi connectivity index (χ2n) is 5.93. The maximum Gasteiger partial charge on any atom is 0.167 e. The first-order valence-corrected chi connectivity index (χ1v) is 8.98. The summed E-state index contributed by atoms with van der Waals surface area (Å²) in [6.07, 6.45) is 2.78. The van der Waals surface area contributed by atoms with E-state index in [2.05, 4.69) is 17.1 Å². The quantitative estimate of drug-likeness (QED) is 0.831. The molecular weight excluding hydrogens is 324 g/mol. The molecule has 0 radical (unpaired) electrons. The Morgan fingerprint density at radius 2 is 2.33 bits per heavy atom. The van der Waals surface area contributed by atoms with E-state index in [1.807, 2.05) is 24.1 Å². The minimum absolute atomic E-state index is 0.0479. The number of aliphatic hydroxyl groups is 1. The van der Waals surface area contributed by atoms with Gasteiger partial charge in [-0.25, -0.2) is 0 Å². The van der Waals surface area contributed by atoms with Crippen molar-refractivity contribution in [2.24, 2.45) is 4.99 Å². The lowest BCUT2D eigenvalue weighted by Crippen LogP contribution is -2.31. The lowest BCUT2D eigenvalue weighted by atomic mass is 10.0. The van der Waals surface area contributed by atoms with Crippen LogP contribution in [0.25, 0.3) is 0 Å². The van der Waals surface area contributed by atoms with Crippen LogP contribution in [-0.2, 0) is 22.6 Å². The number of β-amino-alcohol motifs (C(OH)–C–C–N with tert-alkyl or cyclic N) is 1. The molecule has 128 valence electrons. The summed E-state index contributed by atoms with van der Waals surface area (Å²) in [7, 11) is 0. The van der Waals surface area contributed by atoms with Crippen LogP contribution in [0, 0.1) is 0 Å². The summed E-state index contributed by atoms with van der Waals surface area (Å²) in [5.74, 6) is 0.0603. The molecule has 2 heterocycles. The number of thioether (sulfide) groups is 1. The summed E-state index contributed by atoms with van der Waals surface area (Å²) in [4.78, 5) is 19.1. The lowest BCUT2D eigenvalue weighted by molar-refractivity contribution is -0.113. The van der Waals surface area contributed by atoms with Crippen LogP contribution in [0.4, 0.5) is 5.69 Å². The average Bonchev–Trinajstić information content (AvgIpc) is 2.90. The summed E-state index contributed by atoms with van der Waals surface area (Å²) in [5.41, 5.74) is 4.35. The third-order valence-electron chi connectivity index (χ3n) is 4.28. The van der Waals surface area contributed by atoms with Crippen LogP contribution < -0.4 is 0 Å². The molecule has 0 fully saturated rings.